The maximum atomic E-state index is 10.3. The van der Waals surface area contributed by atoms with Gasteiger partial charge in [0.15, 0.2) is 0 Å². The molecule has 94 valence electrons. The Hall–Kier alpha value is -1.39. The Bertz CT molecular complexity index is 548. The zero-order valence-electron chi connectivity index (χ0n) is 10.2. The lowest BCUT2D eigenvalue weighted by Crippen LogP contribution is -2.02. The van der Waals surface area contributed by atoms with Gasteiger partial charge in [-0.15, -0.1) is 11.3 Å². The summed E-state index contributed by atoms with van der Waals surface area (Å²) >= 11 is 1.55. The van der Waals surface area contributed by atoms with Crippen LogP contribution in [-0.2, 0) is 0 Å². The molecule has 1 saturated carbocycles. The molecule has 0 bridgehead atoms. The molecule has 1 heterocycles. The molecule has 1 aliphatic rings. The number of thiazole rings is 1. The lowest BCUT2D eigenvalue weighted by Gasteiger charge is -2.10. The summed E-state index contributed by atoms with van der Waals surface area (Å²) in [5.74, 6) is 0.834. The smallest absolute Gasteiger partial charge is 0.122 e. The lowest BCUT2D eigenvalue weighted by molar-refractivity contribution is 0.215. The molecule has 1 aliphatic carbocycles. The summed E-state index contributed by atoms with van der Waals surface area (Å²) in [5.41, 5.74) is 1.54. The van der Waals surface area contributed by atoms with Gasteiger partial charge in [0.25, 0.3) is 0 Å². The minimum Gasteiger partial charge on any atom is -0.490 e. The van der Waals surface area contributed by atoms with Gasteiger partial charge < -0.3 is 9.84 Å². The topological polar surface area (TPSA) is 42.4 Å². The van der Waals surface area contributed by atoms with Gasteiger partial charge in [-0.2, -0.15) is 0 Å². The van der Waals surface area contributed by atoms with E-state index in [2.05, 4.69) is 4.98 Å². The second-order valence-electron chi connectivity index (χ2n) is 4.58. The van der Waals surface area contributed by atoms with Gasteiger partial charge in [0.2, 0.25) is 0 Å². The Morgan fingerprint density at radius 1 is 1.44 bits per heavy atom. The Morgan fingerprint density at radius 3 is 2.94 bits per heavy atom. The molecular formula is C14H15NO2S. The molecule has 0 spiro atoms. The predicted molar refractivity (Wildman–Crippen MR) is 71.0 cm³/mol. The molecule has 1 N–H and O–H groups in total. The van der Waals surface area contributed by atoms with Crippen LogP contribution < -0.4 is 4.74 Å². The van der Waals surface area contributed by atoms with Crippen LogP contribution in [0.5, 0.6) is 5.75 Å². The Kier molecular flexibility index (Phi) is 3.06. The number of benzene rings is 1. The Balaban J connectivity index is 1.81. The van der Waals surface area contributed by atoms with Crippen LogP contribution in [0, 0.1) is 6.92 Å². The lowest BCUT2D eigenvalue weighted by atomic mass is 10.1. The second kappa shape index (κ2) is 4.71. The van der Waals surface area contributed by atoms with Crippen LogP contribution in [0.2, 0.25) is 0 Å². The van der Waals surface area contributed by atoms with Crippen molar-refractivity contribution in [2.75, 3.05) is 0 Å². The molecule has 1 atom stereocenters. The SMILES string of the molecule is Cc1nc(C(O)c2cccc(OC3CC3)c2)cs1. The molecule has 0 amide bonds. The van der Waals surface area contributed by atoms with E-state index in [0.717, 1.165) is 29.2 Å². The fourth-order valence-corrected chi connectivity index (χ4v) is 2.44. The normalized spacial score (nSPS) is 16.6. The summed E-state index contributed by atoms with van der Waals surface area (Å²) in [6, 6.07) is 7.65. The van der Waals surface area contributed by atoms with Crippen molar-refractivity contribution in [3.8, 4) is 5.75 Å². The Morgan fingerprint density at radius 2 is 2.28 bits per heavy atom. The molecule has 1 fully saturated rings. The van der Waals surface area contributed by atoms with Crippen molar-refractivity contribution >= 4 is 11.3 Å². The molecule has 4 heteroatoms. The molecule has 1 aromatic carbocycles. The fraction of sp³-hybridized carbons (Fsp3) is 0.357. The van der Waals surface area contributed by atoms with Crippen LogP contribution >= 0.6 is 11.3 Å². The van der Waals surface area contributed by atoms with Crippen LogP contribution in [0.15, 0.2) is 29.6 Å². The number of rotatable bonds is 4. The van der Waals surface area contributed by atoms with Gasteiger partial charge >= 0.3 is 0 Å². The molecular weight excluding hydrogens is 246 g/mol. The zero-order valence-corrected chi connectivity index (χ0v) is 11.0. The number of aryl methyl sites for hydroxylation is 1. The monoisotopic (exact) mass is 261 g/mol. The van der Waals surface area contributed by atoms with E-state index in [1.807, 2.05) is 36.6 Å². The Labute approximate surface area is 110 Å². The molecule has 0 aliphatic heterocycles. The first-order valence-electron chi connectivity index (χ1n) is 6.09. The molecule has 3 rings (SSSR count). The summed E-state index contributed by atoms with van der Waals surface area (Å²) in [6.07, 6.45) is 1.98. The van der Waals surface area contributed by atoms with E-state index in [1.165, 1.54) is 0 Å². The number of ether oxygens (including phenoxy) is 1. The molecule has 3 nitrogen and oxygen atoms in total. The van der Waals surface area contributed by atoms with E-state index < -0.39 is 6.10 Å². The van der Waals surface area contributed by atoms with E-state index >= 15 is 0 Å². The minimum absolute atomic E-state index is 0.374. The highest BCUT2D eigenvalue weighted by molar-refractivity contribution is 7.09. The minimum atomic E-state index is -0.669. The van der Waals surface area contributed by atoms with Crippen molar-refractivity contribution in [1.82, 2.24) is 4.98 Å². The highest BCUT2D eigenvalue weighted by Gasteiger charge is 2.24. The third-order valence-electron chi connectivity index (χ3n) is 2.92. The number of hydrogen-bond acceptors (Lipinski definition) is 4. The first-order chi connectivity index (χ1) is 8.72. The van der Waals surface area contributed by atoms with Crippen LogP contribution in [0.3, 0.4) is 0 Å². The number of nitrogens with zero attached hydrogens (tertiary/aromatic N) is 1. The van der Waals surface area contributed by atoms with Crippen molar-refractivity contribution < 1.29 is 9.84 Å². The average molecular weight is 261 g/mol. The van der Waals surface area contributed by atoms with Crippen molar-refractivity contribution in [3.05, 3.63) is 45.9 Å². The van der Waals surface area contributed by atoms with E-state index in [-0.39, 0.29) is 0 Å². The predicted octanol–water partition coefficient (Wildman–Crippen LogP) is 3.07. The molecule has 2 aromatic rings. The van der Waals surface area contributed by atoms with Crippen LogP contribution in [0.4, 0.5) is 0 Å². The number of aliphatic hydroxyl groups excluding tert-OH is 1. The molecule has 0 radical (unpaired) electrons. The van der Waals surface area contributed by atoms with Gasteiger partial charge in [0.05, 0.1) is 16.8 Å². The quantitative estimate of drug-likeness (QED) is 0.919. The maximum absolute atomic E-state index is 10.3. The van der Waals surface area contributed by atoms with Crippen LogP contribution in [0.25, 0.3) is 0 Å². The van der Waals surface area contributed by atoms with Crippen LogP contribution in [0.1, 0.15) is 35.2 Å². The molecule has 18 heavy (non-hydrogen) atoms. The third kappa shape index (κ3) is 2.54. The first-order valence-corrected chi connectivity index (χ1v) is 6.97. The molecule has 1 unspecified atom stereocenters. The highest BCUT2D eigenvalue weighted by atomic mass is 32.1. The maximum Gasteiger partial charge on any atom is 0.122 e. The van der Waals surface area contributed by atoms with E-state index in [0.29, 0.717) is 11.8 Å². The van der Waals surface area contributed by atoms with Crippen molar-refractivity contribution in [3.63, 3.8) is 0 Å². The summed E-state index contributed by atoms with van der Waals surface area (Å²) in [6.45, 7) is 1.94. The van der Waals surface area contributed by atoms with Gasteiger partial charge in [0, 0.05) is 5.38 Å². The van der Waals surface area contributed by atoms with E-state index in [4.69, 9.17) is 4.74 Å². The standard InChI is InChI=1S/C14H15NO2S/c1-9-15-13(8-18-9)14(16)10-3-2-4-12(7-10)17-11-5-6-11/h2-4,7-8,11,14,16H,5-6H2,1H3. The third-order valence-corrected chi connectivity index (χ3v) is 3.71. The van der Waals surface area contributed by atoms with E-state index in [1.54, 1.807) is 11.3 Å². The zero-order chi connectivity index (χ0) is 12.5. The fourth-order valence-electron chi connectivity index (χ4n) is 1.81. The molecule has 0 saturated heterocycles. The van der Waals surface area contributed by atoms with Gasteiger partial charge in [-0.25, -0.2) is 4.98 Å². The largest absolute Gasteiger partial charge is 0.490 e. The summed E-state index contributed by atoms with van der Waals surface area (Å²) in [7, 11) is 0. The second-order valence-corrected chi connectivity index (χ2v) is 5.65. The van der Waals surface area contributed by atoms with Crippen molar-refractivity contribution in [1.29, 1.82) is 0 Å². The summed E-state index contributed by atoms with van der Waals surface area (Å²) in [4.78, 5) is 4.32. The van der Waals surface area contributed by atoms with E-state index in [9.17, 15) is 5.11 Å². The summed E-state index contributed by atoms with van der Waals surface area (Å²) < 4.78 is 5.73. The molecule has 1 aromatic heterocycles. The van der Waals surface area contributed by atoms with Crippen molar-refractivity contribution in [2.45, 2.75) is 32.0 Å². The average Bonchev–Trinajstić information content (AvgIpc) is 3.08. The first kappa shape index (κ1) is 11.7. The number of aromatic nitrogens is 1. The van der Waals surface area contributed by atoms with Gasteiger partial charge in [-0.1, -0.05) is 12.1 Å². The number of hydrogen-bond donors (Lipinski definition) is 1. The van der Waals surface area contributed by atoms with Gasteiger partial charge in [0.1, 0.15) is 11.9 Å². The summed E-state index contributed by atoms with van der Waals surface area (Å²) in [5, 5.41) is 13.1. The highest BCUT2D eigenvalue weighted by Crippen LogP contribution is 2.30. The van der Waals surface area contributed by atoms with Crippen molar-refractivity contribution in [2.24, 2.45) is 0 Å². The van der Waals surface area contributed by atoms with Gasteiger partial charge in [-0.3, -0.25) is 0 Å². The number of aliphatic hydroxyl groups is 1. The van der Waals surface area contributed by atoms with Gasteiger partial charge in [-0.05, 0) is 37.5 Å². The van der Waals surface area contributed by atoms with Crippen LogP contribution in [-0.4, -0.2) is 16.2 Å².